The molecule has 100 valence electrons. The SMILES string of the molecule is NC(=O)c1cccnc1C1=C(O)COc2ccccc21. The minimum atomic E-state index is -0.586. The van der Waals surface area contributed by atoms with Gasteiger partial charge in [-0.3, -0.25) is 9.78 Å². The smallest absolute Gasteiger partial charge is 0.250 e. The minimum absolute atomic E-state index is 0.0323. The molecule has 0 spiro atoms. The van der Waals surface area contributed by atoms with Crippen molar-refractivity contribution in [2.45, 2.75) is 0 Å². The predicted octanol–water partition coefficient (Wildman–Crippen LogP) is 1.89. The number of pyridine rings is 1. The van der Waals surface area contributed by atoms with Gasteiger partial charge < -0.3 is 15.6 Å². The molecular formula is C15H12N2O3. The van der Waals surface area contributed by atoms with Crippen LogP contribution in [-0.2, 0) is 0 Å². The van der Waals surface area contributed by atoms with Crippen molar-refractivity contribution in [1.29, 1.82) is 0 Å². The highest BCUT2D eigenvalue weighted by Crippen LogP contribution is 2.36. The largest absolute Gasteiger partial charge is 0.508 e. The summed E-state index contributed by atoms with van der Waals surface area (Å²) in [6.45, 7) is 0.0428. The van der Waals surface area contributed by atoms with E-state index in [0.29, 0.717) is 22.6 Å². The summed E-state index contributed by atoms with van der Waals surface area (Å²) < 4.78 is 5.44. The minimum Gasteiger partial charge on any atom is -0.508 e. The van der Waals surface area contributed by atoms with Gasteiger partial charge in [-0.25, -0.2) is 0 Å². The van der Waals surface area contributed by atoms with E-state index in [-0.39, 0.29) is 17.9 Å². The van der Waals surface area contributed by atoms with Crippen LogP contribution < -0.4 is 10.5 Å². The maximum Gasteiger partial charge on any atom is 0.250 e. The first-order chi connectivity index (χ1) is 9.68. The van der Waals surface area contributed by atoms with Crippen molar-refractivity contribution in [3.8, 4) is 5.75 Å². The molecule has 2 aromatic rings. The van der Waals surface area contributed by atoms with Gasteiger partial charge in [-0.2, -0.15) is 0 Å². The molecule has 5 nitrogen and oxygen atoms in total. The summed E-state index contributed by atoms with van der Waals surface area (Å²) in [5, 5.41) is 10.1. The molecule has 20 heavy (non-hydrogen) atoms. The second kappa shape index (κ2) is 4.70. The third kappa shape index (κ3) is 1.89. The fourth-order valence-corrected chi connectivity index (χ4v) is 2.24. The van der Waals surface area contributed by atoms with E-state index in [4.69, 9.17) is 10.5 Å². The van der Waals surface area contributed by atoms with Crippen molar-refractivity contribution in [2.24, 2.45) is 5.73 Å². The van der Waals surface area contributed by atoms with E-state index in [1.165, 1.54) is 0 Å². The van der Waals surface area contributed by atoms with Crippen LogP contribution in [0.4, 0.5) is 0 Å². The maximum atomic E-state index is 11.5. The molecule has 3 N–H and O–H groups in total. The lowest BCUT2D eigenvalue weighted by Crippen LogP contribution is -2.18. The zero-order valence-corrected chi connectivity index (χ0v) is 10.5. The standard InChI is InChI=1S/C15H12N2O3/c16-15(19)10-5-3-7-17-14(10)13-9-4-1-2-6-12(9)20-8-11(13)18/h1-7,18H,8H2,(H2,16,19). The van der Waals surface area contributed by atoms with Crippen molar-refractivity contribution >= 4 is 11.5 Å². The van der Waals surface area contributed by atoms with Gasteiger partial charge >= 0.3 is 0 Å². The molecule has 0 radical (unpaired) electrons. The number of fused-ring (bicyclic) bond motifs is 1. The summed E-state index contributed by atoms with van der Waals surface area (Å²) in [4.78, 5) is 15.7. The van der Waals surface area contributed by atoms with Gasteiger partial charge in [0.2, 0.25) is 0 Å². The Morgan fingerprint density at radius 3 is 2.85 bits per heavy atom. The maximum absolute atomic E-state index is 11.5. The highest BCUT2D eigenvalue weighted by Gasteiger charge is 2.25. The second-order valence-electron chi connectivity index (χ2n) is 4.37. The first-order valence-electron chi connectivity index (χ1n) is 6.08. The molecule has 2 heterocycles. The molecule has 1 aliphatic heterocycles. The van der Waals surface area contributed by atoms with E-state index < -0.39 is 5.91 Å². The number of carbonyl (C=O) groups excluding carboxylic acids is 1. The number of para-hydroxylation sites is 1. The van der Waals surface area contributed by atoms with Crippen LogP contribution in [-0.4, -0.2) is 22.6 Å². The monoisotopic (exact) mass is 268 g/mol. The summed E-state index contributed by atoms with van der Waals surface area (Å²) >= 11 is 0. The summed E-state index contributed by atoms with van der Waals surface area (Å²) in [6.07, 6.45) is 1.56. The Balaban J connectivity index is 2.26. The number of aliphatic hydroxyl groups excluding tert-OH is 1. The Morgan fingerprint density at radius 2 is 2.05 bits per heavy atom. The van der Waals surface area contributed by atoms with Crippen LogP contribution in [0.3, 0.4) is 0 Å². The number of nitrogens with zero attached hydrogens (tertiary/aromatic N) is 1. The van der Waals surface area contributed by atoms with Crippen molar-refractivity contribution < 1.29 is 14.6 Å². The number of benzene rings is 1. The molecule has 0 bridgehead atoms. The van der Waals surface area contributed by atoms with Crippen LogP contribution in [0.25, 0.3) is 5.57 Å². The summed E-state index contributed by atoms with van der Waals surface area (Å²) in [6, 6.07) is 10.5. The third-order valence-electron chi connectivity index (χ3n) is 3.12. The molecule has 0 fully saturated rings. The Labute approximate surface area is 115 Å². The van der Waals surface area contributed by atoms with Crippen LogP contribution in [0.5, 0.6) is 5.75 Å². The molecule has 5 heteroatoms. The number of carbonyl (C=O) groups is 1. The topological polar surface area (TPSA) is 85.4 Å². The van der Waals surface area contributed by atoms with Crippen LogP contribution in [0.2, 0.25) is 0 Å². The molecule has 0 unspecified atom stereocenters. The number of aromatic nitrogens is 1. The fraction of sp³-hybridized carbons (Fsp3) is 0.0667. The summed E-state index contributed by atoms with van der Waals surface area (Å²) in [5.41, 5.74) is 7.19. The van der Waals surface area contributed by atoms with Gasteiger partial charge in [0.1, 0.15) is 18.1 Å². The molecule has 1 aliphatic rings. The highest BCUT2D eigenvalue weighted by atomic mass is 16.5. The van der Waals surface area contributed by atoms with Crippen LogP contribution in [0, 0.1) is 0 Å². The number of hydrogen-bond acceptors (Lipinski definition) is 4. The van der Waals surface area contributed by atoms with Crippen molar-refractivity contribution in [3.05, 3.63) is 65.2 Å². The van der Waals surface area contributed by atoms with Gasteiger partial charge in [-0.05, 0) is 18.2 Å². The van der Waals surface area contributed by atoms with E-state index in [1.54, 1.807) is 30.5 Å². The quantitative estimate of drug-likeness (QED) is 0.871. The van der Waals surface area contributed by atoms with Crippen molar-refractivity contribution in [1.82, 2.24) is 4.98 Å². The number of amides is 1. The van der Waals surface area contributed by atoms with Gasteiger partial charge in [0, 0.05) is 11.8 Å². The third-order valence-corrected chi connectivity index (χ3v) is 3.12. The molecule has 0 atom stereocenters. The fourth-order valence-electron chi connectivity index (χ4n) is 2.24. The Morgan fingerprint density at radius 1 is 1.25 bits per heavy atom. The number of hydrogen-bond donors (Lipinski definition) is 2. The average molecular weight is 268 g/mol. The molecule has 1 aromatic carbocycles. The lowest BCUT2D eigenvalue weighted by molar-refractivity contribution is 0.0999. The van der Waals surface area contributed by atoms with Crippen LogP contribution in [0.15, 0.2) is 48.4 Å². The lowest BCUT2D eigenvalue weighted by Gasteiger charge is -2.21. The molecule has 0 aliphatic carbocycles. The van der Waals surface area contributed by atoms with Crippen molar-refractivity contribution in [2.75, 3.05) is 6.61 Å². The summed E-state index contributed by atoms with van der Waals surface area (Å²) in [5.74, 6) is 0.0867. The average Bonchev–Trinajstić information content (AvgIpc) is 2.47. The Hall–Kier alpha value is -2.82. The van der Waals surface area contributed by atoms with E-state index in [0.717, 1.165) is 0 Å². The second-order valence-corrected chi connectivity index (χ2v) is 4.37. The van der Waals surface area contributed by atoms with E-state index in [2.05, 4.69) is 4.98 Å². The van der Waals surface area contributed by atoms with Gasteiger partial charge in [0.05, 0.1) is 16.8 Å². The number of nitrogens with two attached hydrogens (primary N) is 1. The van der Waals surface area contributed by atoms with E-state index >= 15 is 0 Å². The summed E-state index contributed by atoms with van der Waals surface area (Å²) in [7, 11) is 0. The first-order valence-corrected chi connectivity index (χ1v) is 6.08. The Kier molecular flexibility index (Phi) is 2.87. The molecule has 3 rings (SSSR count). The Bertz CT molecular complexity index is 723. The highest BCUT2D eigenvalue weighted by molar-refractivity contribution is 6.00. The van der Waals surface area contributed by atoms with E-state index in [9.17, 15) is 9.90 Å². The number of primary amides is 1. The van der Waals surface area contributed by atoms with Gasteiger partial charge in [-0.1, -0.05) is 18.2 Å². The molecule has 1 amide bonds. The van der Waals surface area contributed by atoms with Crippen LogP contribution >= 0.6 is 0 Å². The van der Waals surface area contributed by atoms with E-state index in [1.807, 2.05) is 12.1 Å². The zero-order valence-electron chi connectivity index (χ0n) is 10.5. The van der Waals surface area contributed by atoms with Gasteiger partial charge in [0.25, 0.3) is 5.91 Å². The molecule has 0 saturated heterocycles. The van der Waals surface area contributed by atoms with Gasteiger partial charge in [-0.15, -0.1) is 0 Å². The number of aliphatic hydroxyl groups is 1. The van der Waals surface area contributed by atoms with Crippen molar-refractivity contribution in [3.63, 3.8) is 0 Å². The van der Waals surface area contributed by atoms with Gasteiger partial charge in [0.15, 0.2) is 0 Å². The number of ether oxygens (including phenoxy) is 1. The zero-order chi connectivity index (χ0) is 14.1. The lowest BCUT2D eigenvalue weighted by atomic mass is 9.95. The molecule has 0 saturated carbocycles. The molecular weight excluding hydrogens is 256 g/mol. The van der Waals surface area contributed by atoms with Crippen LogP contribution in [0.1, 0.15) is 21.6 Å². The number of rotatable bonds is 2. The first kappa shape index (κ1) is 12.2. The predicted molar refractivity (Wildman–Crippen MR) is 73.3 cm³/mol. The molecule has 1 aromatic heterocycles. The normalized spacial score (nSPS) is 13.6.